The second-order valence-corrected chi connectivity index (χ2v) is 6.37. The summed E-state index contributed by atoms with van der Waals surface area (Å²) in [7, 11) is 1.61. The molecule has 126 valence electrons. The van der Waals surface area contributed by atoms with Crippen LogP contribution in [0, 0.1) is 0 Å². The fourth-order valence-corrected chi connectivity index (χ4v) is 2.67. The van der Waals surface area contributed by atoms with Crippen LogP contribution in [0.2, 0.25) is 0 Å². The monoisotopic (exact) mass is 317 g/mol. The number of rotatable bonds is 2. The highest BCUT2D eigenvalue weighted by atomic mass is 16.5. The van der Waals surface area contributed by atoms with E-state index in [9.17, 15) is 5.11 Å². The first-order valence-corrected chi connectivity index (χ1v) is 8.17. The normalized spacial score (nSPS) is 21.5. The van der Waals surface area contributed by atoms with Gasteiger partial charge in [-0.25, -0.2) is 4.98 Å². The average Bonchev–Trinajstić information content (AvgIpc) is 3.03. The van der Waals surface area contributed by atoms with E-state index >= 15 is 0 Å². The van der Waals surface area contributed by atoms with Crippen LogP contribution in [0.1, 0.15) is 38.1 Å². The number of hydrogen-bond acceptors (Lipinski definition) is 5. The molecule has 0 spiro atoms. The van der Waals surface area contributed by atoms with Gasteiger partial charge < -0.3 is 15.2 Å². The van der Waals surface area contributed by atoms with Crippen LogP contribution >= 0.6 is 0 Å². The van der Waals surface area contributed by atoms with Gasteiger partial charge in [-0.05, 0) is 33.2 Å². The van der Waals surface area contributed by atoms with Crippen LogP contribution in [-0.4, -0.2) is 40.4 Å². The summed E-state index contributed by atoms with van der Waals surface area (Å²) in [6.07, 6.45) is 13.9. The van der Waals surface area contributed by atoms with Gasteiger partial charge in [0.1, 0.15) is 0 Å². The van der Waals surface area contributed by atoms with E-state index in [0.717, 1.165) is 37.2 Å². The zero-order valence-corrected chi connectivity index (χ0v) is 14.2. The molecule has 0 radical (unpaired) electrons. The summed E-state index contributed by atoms with van der Waals surface area (Å²) in [5, 5.41) is 12.7. The van der Waals surface area contributed by atoms with Gasteiger partial charge in [0.15, 0.2) is 0 Å². The van der Waals surface area contributed by atoms with Crippen LogP contribution in [0.15, 0.2) is 30.5 Å². The van der Waals surface area contributed by atoms with Crippen molar-refractivity contribution in [3.8, 4) is 5.88 Å². The number of aromatic nitrogens is 2. The highest BCUT2D eigenvalue weighted by molar-refractivity contribution is 5.24. The first kappa shape index (κ1) is 17.6. The molecular weight excluding hydrogens is 290 g/mol. The minimum Gasteiger partial charge on any atom is -0.480 e. The van der Waals surface area contributed by atoms with Crippen LogP contribution in [-0.2, 0) is 12.8 Å². The molecule has 3 rings (SSSR count). The predicted molar refractivity (Wildman–Crippen MR) is 91.6 cm³/mol. The molecule has 23 heavy (non-hydrogen) atoms. The smallest absolute Gasteiger partial charge is 0.232 e. The number of allylic oxidation sites excluding steroid dienone is 4. The first-order valence-electron chi connectivity index (χ1n) is 8.17. The summed E-state index contributed by atoms with van der Waals surface area (Å²) in [6.45, 7) is 4.78. The predicted octanol–water partition coefficient (Wildman–Crippen LogP) is 2.21. The summed E-state index contributed by atoms with van der Waals surface area (Å²) < 4.78 is 5.04. The first-order chi connectivity index (χ1) is 11.0. The number of aliphatic hydroxyl groups is 1. The van der Waals surface area contributed by atoms with Gasteiger partial charge in [-0.15, -0.1) is 0 Å². The quantitative estimate of drug-likeness (QED) is 0.875. The molecule has 1 aliphatic carbocycles. The molecule has 1 aromatic heterocycles. The Labute approximate surface area is 138 Å². The molecule has 1 fully saturated rings. The van der Waals surface area contributed by atoms with Gasteiger partial charge in [0.05, 0.1) is 30.3 Å². The van der Waals surface area contributed by atoms with Crippen molar-refractivity contribution >= 4 is 0 Å². The van der Waals surface area contributed by atoms with Crippen molar-refractivity contribution in [3.63, 3.8) is 0 Å². The van der Waals surface area contributed by atoms with Crippen LogP contribution in [0.5, 0.6) is 5.88 Å². The highest BCUT2D eigenvalue weighted by Crippen LogP contribution is 2.17. The van der Waals surface area contributed by atoms with Crippen LogP contribution in [0.4, 0.5) is 0 Å². The molecule has 5 heteroatoms. The summed E-state index contributed by atoms with van der Waals surface area (Å²) >= 11 is 0. The van der Waals surface area contributed by atoms with Gasteiger partial charge in [0, 0.05) is 18.9 Å². The summed E-state index contributed by atoms with van der Waals surface area (Å²) in [5.41, 5.74) is 1.51. The molecule has 1 unspecified atom stereocenters. The van der Waals surface area contributed by atoms with Gasteiger partial charge in [-0.1, -0.05) is 24.3 Å². The Kier molecular flexibility index (Phi) is 6.30. The molecule has 1 aromatic rings. The lowest BCUT2D eigenvalue weighted by Gasteiger charge is -2.25. The lowest BCUT2D eigenvalue weighted by molar-refractivity contribution is 0.0449. The van der Waals surface area contributed by atoms with Crippen molar-refractivity contribution in [2.24, 2.45) is 0 Å². The molecule has 1 atom stereocenters. The maximum atomic E-state index is 9.45. The summed E-state index contributed by atoms with van der Waals surface area (Å²) in [6, 6.07) is 0.317. The standard InChI is InChI=1S/C11H12N2O.C7H15NO/c1-14-11-8-12-9-6-4-2-3-5-7-10(9)13-11;1-7(2,9)6-4-3-5-8-6/h2-5,8H,6-7H2,1H3;6,8-9H,3-5H2,1-2H3/b4-2?,5-3-;. The van der Waals surface area contributed by atoms with Crippen molar-refractivity contribution in [1.29, 1.82) is 0 Å². The van der Waals surface area contributed by atoms with Crippen molar-refractivity contribution in [2.45, 2.75) is 51.2 Å². The van der Waals surface area contributed by atoms with Gasteiger partial charge in [-0.2, -0.15) is 0 Å². The third-order valence-corrected chi connectivity index (χ3v) is 4.04. The molecule has 2 aliphatic rings. The SMILES string of the molecule is CC(C)(O)C1CCCN1.COc1cnc2c(n1)C/C=C\C=CC2. The van der Waals surface area contributed by atoms with Gasteiger partial charge in [0.25, 0.3) is 0 Å². The Hall–Kier alpha value is -1.72. The minimum atomic E-state index is -0.531. The third kappa shape index (κ3) is 5.44. The Balaban J connectivity index is 0.000000185. The molecule has 1 aliphatic heterocycles. The lowest BCUT2D eigenvalue weighted by atomic mass is 9.98. The lowest BCUT2D eigenvalue weighted by Crippen LogP contribution is -2.42. The second-order valence-electron chi connectivity index (χ2n) is 6.37. The van der Waals surface area contributed by atoms with Crippen molar-refractivity contribution in [2.75, 3.05) is 13.7 Å². The van der Waals surface area contributed by atoms with Crippen LogP contribution in [0.25, 0.3) is 0 Å². The van der Waals surface area contributed by atoms with Crippen molar-refractivity contribution in [1.82, 2.24) is 15.3 Å². The molecule has 2 N–H and O–H groups in total. The molecule has 0 aromatic carbocycles. The maximum Gasteiger partial charge on any atom is 0.232 e. The number of fused-ring (bicyclic) bond motifs is 1. The fraction of sp³-hybridized carbons (Fsp3) is 0.556. The molecule has 2 heterocycles. The maximum absolute atomic E-state index is 9.45. The zero-order valence-electron chi connectivity index (χ0n) is 14.2. The Morgan fingerprint density at radius 3 is 2.43 bits per heavy atom. The van der Waals surface area contributed by atoms with Crippen molar-refractivity contribution < 1.29 is 9.84 Å². The van der Waals surface area contributed by atoms with Crippen molar-refractivity contribution in [3.05, 3.63) is 41.9 Å². The fourth-order valence-electron chi connectivity index (χ4n) is 2.67. The van der Waals surface area contributed by atoms with Crippen LogP contribution in [0.3, 0.4) is 0 Å². The van der Waals surface area contributed by atoms with E-state index in [1.165, 1.54) is 6.42 Å². The summed E-state index contributed by atoms with van der Waals surface area (Å²) in [5.74, 6) is 0.585. The number of hydrogen-bond donors (Lipinski definition) is 2. The van der Waals surface area contributed by atoms with E-state index in [-0.39, 0.29) is 0 Å². The number of nitrogens with zero attached hydrogens (tertiary/aromatic N) is 2. The molecule has 1 saturated heterocycles. The van der Waals surface area contributed by atoms with E-state index < -0.39 is 5.60 Å². The second kappa shape index (κ2) is 8.22. The van der Waals surface area contributed by atoms with Gasteiger partial charge in [0.2, 0.25) is 5.88 Å². The van der Waals surface area contributed by atoms with Gasteiger partial charge >= 0.3 is 0 Å². The minimum absolute atomic E-state index is 0.317. The topological polar surface area (TPSA) is 67.3 Å². The molecule has 0 saturated carbocycles. The third-order valence-electron chi connectivity index (χ3n) is 4.04. The van der Waals surface area contributed by atoms with E-state index in [1.807, 2.05) is 26.0 Å². The van der Waals surface area contributed by atoms with E-state index in [1.54, 1.807) is 13.3 Å². The molecular formula is C18H27N3O2. The Morgan fingerprint density at radius 2 is 1.91 bits per heavy atom. The van der Waals surface area contributed by atoms with E-state index in [0.29, 0.717) is 11.9 Å². The largest absolute Gasteiger partial charge is 0.480 e. The van der Waals surface area contributed by atoms with E-state index in [4.69, 9.17) is 4.74 Å². The zero-order chi connectivity index (χ0) is 16.7. The molecule has 5 nitrogen and oxygen atoms in total. The number of methoxy groups -OCH3 is 1. The Bertz CT molecular complexity index is 556. The van der Waals surface area contributed by atoms with Gasteiger partial charge in [-0.3, -0.25) is 4.98 Å². The van der Waals surface area contributed by atoms with Crippen LogP contribution < -0.4 is 10.1 Å². The Morgan fingerprint density at radius 1 is 1.22 bits per heavy atom. The number of ether oxygens (including phenoxy) is 1. The highest BCUT2D eigenvalue weighted by Gasteiger charge is 2.28. The molecule has 0 amide bonds. The number of nitrogens with one attached hydrogen (secondary N) is 1. The average molecular weight is 317 g/mol. The summed E-state index contributed by atoms with van der Waals surface area (Å²) in [4.78, 5) is 8.68. The van der Waals surface area contributed by atoms with E-state index in [2.05, 4.69) is 27.4 Å². The molecule has 0 bridgehead atoms.